The summed E-state index contributed by atoms with van der Waals surface area (Å²) < 4.78 is 49.2. The molecule has 8 atom stereocenters. The molecule has 1 saturated carbocycles. The van der Waals surface area contributed by atoms with Crippen molar-refractivity contribution in [2.75, 3.05) is 13.2 Å². The fraction of sp³-hybridized carbons (Fsp3) is 0.723. The maximum absolute atomic E-state index is 13.0. The zero-order chi connectivity index (χ0) is 49.1. The van der Waals surface area contributed by atoms with Gasteiger partial charge in [0, 0.05) is 19.3 Å². The molecule has 1 aliphatic rings. The van der Waals surface area contributed by atoms with Crippen LogP contribution in [0.5, 0.6) is 0 Å². The molecule has 380 valence electrons. The van der Waals surface area contributed by atoms with Crippen LogP contribution in [0.3, 0.4) is 0 Å². The number of aliphatic hydroxyl groups excluding tert-OH is 4. The molecular weight excluding hydrogens is 898 g/mol. The second kappa shape index (κ2) is 37.3. The van der Waals surface area contributed by atoms with Gasteiger partial charge in [-0.05, 0) is 70.3 Å². The van der Waals surface area contributed by atoms with Gasteiger partial charge in [0.25, 0.3) is 0 Å². The third kappa shape index (κ3) is 31.4. The number of hydrogen-bond acceptors (Lipinski definition) is 14. The molecule has 0 spiro atoms. The second-order valence-electron chi connectivity index (χ2n) is 16.5. The van der Waals surface area contributed by atoms with Gasteiger partial charge in [0.05, 0.1) is 6.61 Å². The van der Waals surface area contributed by atoms with Gasteiger partial charge in [0.15, 0.2) is 11.9 Å². The van der Waals surface area contributed by atoms with Crippen molar-refractivity contribution in [3.8, 4) is 0 Å². The summed E-state index contributed by atoms with van der Waals surface area (Å²) in [5.41, 5.74) is 0. The van der Waals surface area contributed by atoms with Gasteiger partial charge in [0.1, 0.15) is 43.2 Å². The first kappa shape index (κ1) is 61.4. The molecule has 19 heteroatoms. The predicted molar refractivity (Wildman–Crippen MR) is 251 cm³/mol. The molecule has 0 saturated heterocycles. The van der Waals surface area contributed by atoms with Crippen molar-refractivity contribution in [2.24, 2.45) is 0 Å². The number of carbonyl (C=O) groups is 3. The van der Waals surface area contributed by atoms with Crippen molar-refractivity contribution in [3.05, 3.63) is 60.8 Å². The maximum Gasteiger partial charge on any atom is 0.472 e. The van der Waals surface area contributed by atoms with Gasteiger partial charge in [-0.1, -0.05) is 133 Å². The SMILES string of the molecule is CCCCCCCC/C=C\C/C=C\C/C=C\CCCC(=O)OC[C@H](COP(=O)(O)O[C@H]1C(O)C(O)C(O)[C@@H](OP(=O)(O)O)C1O)OC(=O)CCCCCCC/C=C\C=C\C(=O)CCCCC. The van der Waals surface area contributed by atoms with Crippen LogP contribution >= 0.6 is 15.6 Å². The van der Waals surface area contributed by atoms with E-state index < -0.39 is 83.5 Å². The lowest BCUT2D eigenvalue weighted by molar-refractivity contribution is -0.216. The van der Waals surface area contributed by atoms with Crippen LogP contribution in [0.15, 0.2) is 60.8 Å². The van der Waals surface area contributed by atoms with Crippen LogP contribution in [0, 0.1) is 0 Å². The topological polar surface area (TPSA) is 273 Å². The van der Waals surface area contributed by atoms with Gasteiger partial charge >= 0.3 is 27.6 Å². The summed E-state index contributed by atoms with van der Waals surface area (Å²) in [6.45, 7) is 2.87. The molecule has 1 rings (SSSR count). The van der Waals surface area contributed by atoms with E-state index in [9.17, 15) is 48.8 Å². The van der Waals surface area contributed by atoms with Crippen LogP contribution in [0.2, 0.25) is 0 Å². The van der Waals surface area contributed by atoms with Crippen molar-refractivity contribution in [1.29, 1.82) is 0 Å². The third-order valence-corrected chi connectivity index (χ3v) is 12.0. The van der Waals surface area contributed by atoms with E-state index in [1.165, 1.54) is 38.5 Å². The molecule has 1 fully saturated rings. The van der Waals surface area contributed by atoms with Gasteiger partial charge in [-0.25, -0.2) is 9.13 Å². The zero-order valence-corrected chi connectivity index (χ0v) is 40.9. The van der Waals surface area contributed by atoms with Crippen LogP contribution in [0.4, 0.5) is 0 Å². The summed E-state index contributed by atoms with van der Waals surface area (Å²) in [5, 5.41) is 41.2. The highest BCUT2D eigenvalue weighted by atomic mass is 31.2. The Morgan fingerprint density at radius 2 is 1.03 bits per heavy atom. The van der Waals surface area contributed by atoms with Crippen molar-refractivity contribution in [3.63, 3.8) is 0 Å². The third-order valence-electron chi connectivity index (χ3n) is 10.5. The van der Waals surface area contributed by atoms with E-state index in [1.807, 2.05) is 24.3 Å². The van der Waals surface area contributed by atoms with E-state index in [1.54, 1.807) is 12.2 Å². The molecule has 0 radical (unpaired) electrons. The van der Waals surface area contributed by atoms with E-state index in [4.69, 9.17) is 28.3 Å². The number of phosphoric acid groups is 2. The van der Waals surface area contributed by atoms with E-state index in [0.717, 1.165) is 64.2 Å². The number of carbonyl (C=O) groups excluding carboxylic acids is 3. The lowest BCUT2D eigenvalue weighted by atomic mass is 9.85. The molecule has 5 unspecified atom stereocenters. The second-order valence-corrected chi connectivity index (χ2v) is 19.1. The molecule has 66 heavy (non-hydrogen) atoms. The van der Waals surface area contributed by atoms with Gasteiger partial charge in [-0.2, -0.15) is 0 Å². The summed E-state index contributed by atoms with van der Waals surface area (Å²) in [4.78, 5) is 66.0. The van der Waals surface area contributed by atoms with Crippen LogP contribution < -0.4 is 0 Å². The molecule has 0 heterocycles. The number of aliphatic hydroxyl groups is 4. The summed E-state index contributed by atoms with van der Waals surface area (Å²) in [5.74, 6) is -1.21. The summed E-state index contributed by atoms with van der Waals surface area (Å²) in [6.07, 6.45) is 24.5. The average molecular weight is 979 g/mol. The van der Waals surface area contributed by atoms with Crippen LogP contribution in [0.25, 0.3) is 0 Å². The minimum Gasteiger partial charge on any atom is -0.462 e. The number of allylic oxidation sites excluding steroid dienone is 10. The number of ether oxygens (including phenoxy) is 2. The Labute approximate surface area is 392 Å². The van der Waals surface area contributed by atoms with E-state index >= 15 is 0 Å². The molecule has 1 aliphatic carbocycles. The highest BCUT2D eigenvalue weighted by Gasteiger charge is 2.54. The van der Waals surface area contributed by atoms with Crippen LogP contribution in [-0.2, 0) is 46.6 Å². The van der Waals surface area contributed by atoms with Gasteiger partial charge in [-0.15, -0.1) is 0 Å². The smallest absolute Gasteiger partial charge is 0.462 e. The Balaban J connectivity index is 2.66. The first-order valence-electron chi connectivity index (χ1n) is 23.8. The quantitative estimate of drug-likeness (QED) is 0.00763. The van der Waals surface area contributed by atoms with Gasteiger partial charge in [-0.3, -0.25) is 28.0 Å². The minimum atomic E-state index is -5.38. The molecule has 7 N–H and O–H groups in total. The first-order chi connectivity index (χ1) is 31.5. The number of esters is 2. The fourth-order valence-electron chi connectivity index (χ4n) is 6.79. The Kier molecular flexibility index (Phi) is 34.7. The summed E-state index contributed by atoms with van der Waals surface area (Å²) in [6, 6.07) is 0. The number of unbranched alkanes of at least 4 members (excludes halogenated alkanes) is 14. The van der Waals surface area contributed by atoms with E-state index in [2.05, 4.69) is 42.7 Å². The van der Waals surface area contributed by atoms with Crippen LogP contribution in [-0.4, -0.2) is 109 Å². The largest absolute Gasteiger partial charge is 0.472 e. The highest BCUT2D eigenvalue weighted by molar-refractivity contribution is 7.47. The lowest BCUT2D eigenvalue weighted by Gasteiger charge is -2.43. The molecule has 0 aliphatic heterocycles. The number of ketones is 1. The Bertz CT molecular complexity index is 1570. The maximum atomic E-state index is 13.0. The normalized spacial score (nSPS) is 22.0. The van der Waals surface area contributed by atoms with Gasteiger partial charge in [0.2, 0.25) is 0 Å². The Morgan fingerprint density at radius 3 is 1.65 bits per heavy atom. The molecule has 0 aromatic carbocycles. The fourth-order valence-corrected chi connectivity index (χ4v) is 8.33. The Hall–Kier alpha value is -2.63. The minimum absolute atomic E-state index is 0.0200. The monoisotopic (exact) mass is 978 g/mol. The number of phosphoric ester groups is 2. The van der Waals surface area contributed by atoms with E-state index in [0.29, 0.717) is 32.1 Å². The molecule has 0 aromatic heterocycles. The Morgan fingerprint density at radius 1 is 0.530 bits per heavy atom. The molecular formula is C47H80O17P2. The van der Waals surface area contributed by atoms with Crippen molar-refractivity contribution in [2.45, 2.75) is 204 Å². The van der Waals surface area contributed by atoms with Crippen LogP contribution in [0.1, 0.15) is 162 Å². The highest BCUT2D eigenvalue weighted by Crippen LogP contribution is 2.49. The summed E-state index contributed by atoms with van der Waals surface area (Å²) in [7, 11) is -10.7. The molecule has 0 amide bonds. The standard InChI is InChI=1S/C47H80O17P2/c1-3-5-7-8-9-10-11-12-13-14-15-16-17-20-23-26-30-34-40(49)60-36-39(62-41(50)35-31-27-24-21-18-19-22-25-29-33-38(48)32-28-6-4-2)37-61-66(58,59)64-47-44(53)42(51)43(52)46(45(47)54)63-65(55,56)57/h12-13,15-16,20,22-23,25,29,33,39,42-47,51-54H,3-11,14,17-19,21,24,26-28,30-32,34-37H2,1-2H3,(H,58,59)(H2,55,56,57)/b13-12-,16-15-,23-20-,25-22-,33-29+/t39-,42?,43?,44?,45?,46-,47+/m1/s1. The van der Waals surface area contributed by atoms with E-state index in [-0.39, 0.29) is 18.6 Å². The molecule has 17 nitrogen and oxygen atoms in total. The molecule has 0 bridgehead atoms. The van der Waals surface area contributed by atoms with Crippen molar-refractivity contribution < 1.29 is 81.7 Å². The first-order valence-corrected chi connectivity index (χ1v) is 26.8. The average Bonchev–Trinajstić information content (AvgIpc) is 3.26. The lowest BCUT2D eigenvalue weighted by Crippen LogP contribution is -2.64. The molecule has 0 aromatic rings. The van der Waals surface area contributed by atoms with Crippen molar-refractivity contribution in [1.82, 2.24) is 0 Å². The number of hydrogen-bond donors (Lipinski definition) is 7. The zero-order valence-electron chi connectivity index (χ0n) is 39.1. The predicted octanol–water partition coefficient (Wildman–Crippen LogP) is 8.24. The number of rotatable bonds is 39. The van der Waals surface area contributed by atoms with Gasteiger partial charge < -0.3 is 44.6 Å². The summed E-state index contributed by atoms with van der Waals surface area (Å²) >= 11 is 0. The van der Waals surface area contributed by atoms with Crippen molar-refractivity contribution >= 4 is 33.4 Å².